The number of esters is 1. The lowest BCUT2D eigenvalue weighted by Crippen LogP contribution is -2.49. The topological polar surface area (TPSA) is 134 Å². The first-order valence-corrected chi connectivity index (χ1v) is 14.7. The summed E-state index contributed by atoms with van der Waals surface area (Å²) in [5.41, 5.74) is 1.18. The molecule has 42 heavy (non-hydrogen) atoms. The van der Waals surface area contributed by atoms with Crippen LogP contribution in [0.15, 0.2) is 54.6 Å². The fourth-order valence-electron chi connectivity index (χ4n) is 4.58. The number of urea groups is 1. The standard InChI is InChI=1S/C30H34N4O7S/c1-3-15-33(28(37)26-22-12-8-9-13-23(22)42-27(26)32-29(38)31-4-2)16-14-21-17-24(35)34(30(39)41-21)18-25(36)40-19-20-10-6-5-7-11-20/h5-13,21H,3-4,14-19H2,1-2H3,(H2,31,32,38). The summed E-state index contributed by atoms with van der Waals surface area (Å²) < 4.78 is 11.5. The minimum atomic E-state index is -0.918. The Morgan fingerprint density at radius 1 is 1.05 bits per heavy atom. The Morgan fingerprint density at radius 3 is 2.50 bits per heavy atom. The molecule has 1 atom stereocenters. The smallest absolute Gasteiger partial charge is 0.417 e. The lowest BCUT2D eigenvalue weighted by atomic mass is 10.1. The van der Waals surface area contributed by atoms with E-state index in [1.165, 1.54) is 11.3 Å². The van der Waals surface area contributed by atoms with Gasteiger partial charge < -0.3 is 19.7 Å². The summed E-state index contributed by atoms with van der Waals surface area (Å²) in [5.74, 6) is -1.53. The highest BCUT2D eigenvalue weighted by Gasteiger charge is 2.36. The number of cyclic esters (lactones) is 1. The Bertz CT molecular complexity index is 1420. The maximum Gasteiger partial charge on any atom is 0.417 e. The molecule has 2 N–H and O–H groups in total. The highest BCUT2D eigenvalue weighted by Crippen LogP contribution is 2.36. The van der Waals surface area contributed by atoms with Crippen molar-refractivity contribution < 1.29 is 33.4 Å². The fourth-order valence-corrected chi connectivity index (χ4v) is 5.67. The molecule has 1 fully saturated rings. The van der Waals surface area contributed by atoms with Crippen LogP contribution in [0.5, 0.6) is 0 Å². The van der Waals surface area contributed by atoms with E-state index in [9.17, 15) is 24.0 Å². The third kappa shape index (κ3) is 7.64. The van der Waals surface area contributed by atoms with E-state index in [-0.39, 0.29) is 31.9 Å². The molecule has 222 valence electrons. The quantitative estimate of drug-likeness (QED) is 0.289. The first-order chi connectivity index (χ1) is 20.3. The van der Waals surface area contributed by atoms with Gasteiger partial charge in [-0.15, -0.1) is 11.3 Å². The lowest BCUT2D eigenvalue weighted by molar-refractivity contribution is -0.152. The van der Waals surface area contributed by atoms with Crippen molar-refractivity contribution >= 4 is 56.3 Å². The van der Waals surface area contributed by atoms with Crippen LogP contribution < -0.4 is 10.6 Å². The van der Waals surface area contributed by atoms with Gasteiger partial charge in [0.15, 0.2) is 0 Å². The molecule has 0 aliphatic carbocycles. The summed E-state index contributed by atoms with van der Waals surface area (Å²) in [7, 11) is 0. The normalized spacial score (nSPS) is 14.8. The van der Waals surface area contributed by atoms with Gasteiger partial charge in [0.05, 0.1) is 12.0 Å². The molecule has 4 rings (SSSR count). The van der Waals surface area contributed by atoms with E-state index in [1.807, 2.05) is 49.4 Å². The van der Waals surface area contributed by atoms with E-state index in [2.05, 4.69) is 10.6 Å². The number of nitrogens with zero attached hydrogens (tertiary/aromatic N) is 2. The van der Waals surface area contributed by atoms with Gasteiger partial charge in [-0.25, -0.2) is 14.5 Å². The number of nitrogens with one attached hydrogen (secondary N) is 2. The predicted octanol–water partition coefficient (Wildman–Crippen LogP) is 4.77. The second kappa shape index (κ2) is 14.4. The van der Waals surface area contributed by atoms with Crippen LogP contribution in [0.3, 0.4) is 0 Å². The van der Waals surface area contributed by atoms with Gasteiger partial charge in [0.1, 0.15) is 24.3 Å². The Hall–Kier alpha value is -4.45. The van der Waals surface area contributed by atoms with Crippen LogP contribution in [0.25, 0.3) is 10.1 Å². The van der Waals surface area contributed by atoms with Crippen molar-refractivity contribution in [1.29, 1.82) is 0 Å². The van der Waals surface area contributed by atoms with Crippen molar-refractivity contribution in [1.82, 2.24) is 15.1 Å². The van der Waals surface area contributed by atoms with Gasteiger partial charge >= 0.3 is 18.1 Å². The molecule has 0 bridgehead atoms. The number of fused-ring (bicyclic) bond motifs is 1. The summed E-state index contributed by atoms with van der Waals surface area (Å²) in [4.78, 5) is 66.1. The molecule has 1 aromatic heterocycles. The number of carbonyl (C=O) groups excluding carboxylic acids is 5. The zero-order valence-electron chi connectivity index (χ0n) is 23.6. The van der Waals surface area contributed by atoms with Crippen LogP contribution >= 0.6 is 11.3 Å². The largest absolute Gasteiger partial charge is 0.459 e. The molecule has 5 amide bonds. The van der Waals surface area contributed by atoms with Crippen LogP contribution in [0.4, 0.5) is 14.6 Å². The third-order valence-corrected chi connectivity index (χ3v) is 7.68. The number of ether oxygens (including phenoxy) is 2. The molecule has 12 heteroatoms. The Morgan fingerprint density at radius 2 is 1.79 bits per heavy atom. The number of thiophene rings is 1. The zero-order chi connectivity index (χ0) is 30.1. The van der Waals surface area contributed by atoms with Crippen LogP contribution in [0.2, 0.25) is 0 Å². The summed E-state index contributed by atoms with van der Waals surface area (Å²) in [5, 5.41) is 6.66. The predicted molar refractivity (Wildman–Crippen MR) is 158 cm³/mol. The Kier molecular flexibility index (Phi) is 10.5. The molecule has 3 aromatic rings. The lowest BCUT2D eigenvalue weighted by Gasteiger charge is -2.31. The maximum absolute atomic E-state index is 13.8. The van der Waals surface area contributed by atoms with E-state index in [1.54, 1.807) is 24.0 Å². The van der Waals surface area contributed by atoms with Gasteiger partial charge in [0.2, 0.25) is 5.91 Å². The van der Waals surface area contributed by atoms with E-state index < -0.39 is 36.6 Å². The molecule has 0 spiro atoms. The van der Waals surface area contributed by atoms with Gasteiger partial charge in [-0.1, -0.05) is 55.5 Å². The van der Waals surface area contributed by atoms with Gasteiger partial charge in [-0.2, -0.15) is 0 Å². The van der Waals surface area contributed by atoms with Crippen molar-refractivity contribution in [3.63, 3.8) is 0 Å². The second-order valence-electron chi connectivity index (χ2n) is 9.70. The van der Waals surface area contributed by atoms with Crippen molar-refractivity contribution in [2.75, 3.05) is 31.5 Å². The van der Waals surface area contributed by atoms with Crippen molar-refractivity contribution in [2.45, 2.75) is 45.8 Å². The molecule has 2 aromatic carbocycles. The number of carbonyl (C=O) groups is 5. The van der Waals surface area contributed by atoms with Crippen molar-refractivity contribution in [2.24, 2.45) is 0 Å². The summed E-state index contributed by atoms with van der Waals surface area (Å²) >= 11 is 1.32. The Balaban J connectivity index is 1.38. The first-order valence-electron chi connectivity index (χ1n) is 13.9. The first kappa shape index (κ1) is 30.5. The summed E-state index contributed by atoms with van der Waals surface area (Å²) in [6.07, 6.45) is -0.873. The van der Waals surface area contributed by atoms with E-state index in [4.69, 9.17) is 9.47 Å². The fraction of sp³-hybridized carbons (Fsp3) is 0.367. The number of anilines is 1. The average Bonchev–Trinajstić information content (AvgIpc) is 3.34. The molecular weight excluding hydrogens is 560 g/mol. The van der Waals surface area contributed by atoms with E-state index in [0.29, 0.717) is 30.1 Å². The number of hydrogen-bond donors (Lipinski definition) is 2. The minimum Gasteiger partial charge on any atom is -0.459 e. The molecule has 0 radical (unpaired) electrons. The highest BCUT2D eigenvalue weighted by molar-refractivity contribution is 7.23. The van der Waals surface area contributed by atoms with Crippen LogP contribution in [0.1, 0.15) is 49.0 Å². The van der Waals surface area contributed by atoms with Crippen molar-refractivity contribution in [3.05, 3.63) is 65.7 Å². The van der Waals surface area contributed by atoms with Gasteiger partial charge in [0.25, 0.3) is 5.91 Å². The van der Waals surface area contributed by atoms with Crippen molar-refractivity contribution in [3.8, 4) is 0 Å². The number of imide groups is 1. The number of amides is 5. The number of rotatable bonds is 12. The SMILES string of the molecule is CCCN(CCC1CC(=O)N(CC(=O)OCc2ccccc2)C(=O)O1)C(=O)c1c(NC(=O)NCC)sc2ccccc12. The van der Waals surface area contributed by atoms with Crippen LogP contribution in [-0.2, 0) is 25.7 Å². The number of hydrogen-bond acceptors (Lipinski definition) is 8. The summed E-state index contributed by atoms with van der Waals surface area (Å²) in [6, 6.07) is 16.1. The molecule has 0 saturated carbocycles. The maximum atomic E-state index is 13.8. The minimum absolute atomic E-state index is 0.0284. The molecule has 11 nitrogen and oxygen atoms in total. The third-order valence-electron chi connectivity index (χ3n) is 6.60. The molecular formula is C30H34N4O7S. The van der Waals surface area contributed by atoms with Crippen LogP contribution in [-0.4, -0.2) is 72.0 Å². The molecule has 2 heterocycles. The molecule has 1 aliphatic rings. The Labute approximate surface area is 247 Å². The summed E-state index contributed by atoms with van der Waals surface area (Å²) in [6.45, 7) is 4.33. The number of benzene rings is 2. The van der Waals surface area contributed by atoms with Gasteiger partial charge in [0, 0.05) is 36.1 Å². The van der Waals surface area contributed by atoms with Crippen LogP contribution in [0, 0.1) is 0 Å². The van der Waals surface area contributed by atoms with E-state index >= 15 is 0 Å². The van der Waals surface area contributed by atoms with E-state index in [0.717, 1.165) is 20.5 Å². The molecule has 1 unspecified atom stereocenters. The highest BCUT2D eigenvalue weighted by atomic mass is 32.1. The van der Waals surface area contributed by atoms with Gasteiger partial charge in [-0.05, 0) is 25.0 Å². The monoisotopic (exact) mass is 594 g/mol. The molecule has 1 saturated heterocycles. The molecule has 1 aliphatic heterocycles. The second-order valence-corrected chi connectivity index (χ2v) is 10.8. The average molecular weight is 595 g/mol. The van der Waals surface area contributed by atoms with Gasteiger partial charge in [-0.3, -0.25) is 19.7 Å². The zero-order valence-corrected chi connectivity index (χ0v) is 24.4.